The van der Waals surface area contributed by atoms with Crippen molar-refractivity contribution >= 4 is 65.0 Å². The summed E-state index contributed by atoms with van der Waals surface area (Å²) in [5, 5.41) is 12.4. The lowest BCUT2D eigenvalue weighted by Crippen LogP contribution is -1.91. The van der Waals surface area contributed by atoms with Crippen molar-refractivity contribution in [3.63, 3.8) is 0 Å². The van der Waals surface area contributed by atoms with E-state index >= 15 is 0 Å². The van der Waals surface area contributed by atoms with Crippen molar-refractivity contribution in [1.82, 2.24) is 0 Å². The van der Waals surface area contributed by atoms with E-state index in [2.05, 4.69) is 133 Å². The van der Waals surface area contributed by atoms with Crippen LogP contribution < -0.4 is 0 Å². The van der Waals surface area contributed by atoms with E-state index in [1.54, 1.807) is 0 Å². The molecule has 0 amide bonds. The lowest BCUT2D eigenvalue weighted by molar-refractivity contribution is 0.670. The molecule has 0 aliphatic carbocycles. The van der Waals surface area contributed by atoms with E-state index < -0.39 is 0 Å². The van der Waals surface area contributed by atoms with Crippen LogP contribution in [0.25, 0.3) is 87.3 Å². The molecule has 0 aliphatic heterocycles. The molecule has 0 saturated carbocycles. The molecule has 1 heteroatoms. The lowest BCUT2D eigenvalue weighted by atomic mass is 9.85. The molecule has 0 aliphatic rings. The summed E-state index contributed by atoms with van der Waals surface area (Å²) < 4.78 is 6.66. The average Bonchev–Trinajstić information content (AvgIpc) is 3.40. The molecule has 0 saturated heterocycles. The van der Waals surface area contributed by atoms with E-state index in [1.165, 1.54) is 70.6 Å². The Hall–Kier alpha value is -5.14. The molecule has 1 nitrogen and oxygen atoms in total. The second-order valence-corrected chi connectivity index (χ2v) is 10.5. The van der Waals surface area contributed by atoms with Gasteiger partial charge in [-0.15, -0.1) is 0 Å². The average molecular weight is 495 g/mol. The van der Waals surface area contributed by atoms with Gasteiger partial charge in [0, 0.05) is 21.9 Å². The molecule has 0 radical (unpaired) electrons. The molecule has 0 unspecified atom stereocenters. The number of rotatable bonds is 2. The summed E-state index contributed by atoms with van der Waals surface area (Å²) in [5.74, 6) is 0. The van der Waals surface area contributed by atoms with Crippen LogP contribution in [0.5, 0.6) is 0 Å². The Morgan fingerprint density at radius 3 is 1.69 bits per heavy atom. The molecular weight excluding hydrogens is 472 g/mol. The van der Waals surface area contributed by atoms with E-state index in [9.17, 15) is 0 Å². The SMILES string of the molecule is c1ccc2cc(-c3c4ccccc4c(-c4ccc5ccc6cccc7oc4c5c67)c4ccccc34)ccc2c1. The lowest BCUT2D eigenvalue weighted by Gasteiger charge is -2.18. The molecule has 0 fully saturated rings. The zero-order valence-electron chi connectivity index (χ0n) is 21.1. The summed E-state index contributed by atoms with van der Waals surface area (Å²) in [6.45, 7) is 0. The van der Waals surface area contributed by atoms with Gasteiger partial charge in [-0.3, -0.25) is 0 Å². The van der Waals surface area contributed by atoms with Crippen molar-refractivity contribution in [2.45, 2.75) is 0 Å². The maximum Gasteiger partial charge on any atom is 0.143 e. The van der Waals surface area contributed by atoms with E-state index in [1.807, 2.05) is 0 Å². The Morgan fingerprint density at radius 1 is 0.385 bits per heavy atom. The van der Waals surface area contributed by atoms with Gasteiger partial charge >= 0.3 is 0 Å². The van der Waals surface area contributed by atoms with Crippen molar-refractivity contribution in [1.29, 1.82) is 0 Å². The molecule has 0 N–H and O–H groups in total. The molecule has 1 aromatic heterocycles. The van der Waals surface area contributed by atoms with Crippen molar-refractivity contribution in [3.05, 3.63) is 133 Å². The fourth-order valence-electron chi connectivity index (χ4n) is 6.70. The molecule has 180 valence electrons. The van der Waals surface area contributed by atoms with Gasteiger partial charge < -0.3 is 4.42 Å². The summed E-state index contributed by atoms with van der Waals surface area (Å²) >= 11 is 0. The van der Waals surface area contributed by atoms with Crippen LogP contribution in [0.15, 0.2) is 138 Å². The van der Waals surface area contributed by atoms with Crippen molar-refractivity contribution in [2.75, 3.05) is 0 Å². The van der Waals surface area contributed by atoms with Crippen LogP contribution in [0.1, 0.15) is 0 Å². The van der Waals surface area contributed by atoms with Gasteiger partial charge in [-0.25, -0.2) is 0 Å². The first-order valence-corrected chi connectivity index (χ1v) is 13.4. The number of hydrogen-bond acceptors (Lipinski definition) is 1. The predicted octanol–water partition coefficient (Wildman–Crippen LogP) is 11.0. The summed E-state index contributed by atoms with van der Waals surface area (Å²) in [6, 6.07) is 48.3. The molecule has 0 bridgehead atoms. The van der Waals surface area contributed by atoms with Gasteiger partial charge in [0.15, 0.2) is 0 Å². The van der Waals surface area contributed by atoms with Gasteiger partial charge in [0.05, 0.1) is 0 Å². The van der Waals surface area contributed by atoms with E-state index in [-0.39, 0.29) is 0 Å². The van der Waals surface area contributed by atoms with E-state index in [0.29, 0.717) is 0 Å². The van der Waals surface area contributed by atoms with E-state index in [4.69, 9.17) is 4.42 Å². The van der Waals surface area contributed by atoms with E-state index in [0.717, 1.165) is 16.7 Å². The van der Waals surface area contributed by atoms with Crippen LogP contribution in [0.3, 0.4) is 0 Å². The molecule has 9 rings (SSSR count). The van der Waals surface area contributed by atoms with Gasteiger partial charge in [-0.1, -0.05) is 115 Å². The van der Waals surface area contributed by atoms with Crippen LogP contribution in [-0.4, -0.2) is 0 Å². The zero-order chi connectivity index (χ0) is 25.5. The third-order valence-electron chi connectivity index (χ3n) is 8.39. The zero-order valence-corrected chi connectivity index (χ0v) is 21.1. The standard InChI is InChI=1S/C38H22O/c1-2-9-26-22-27(19-16-23(26)8-1)34-28-11-3-5-13-30(28)37(31-14-6-4-12-29(31)34)32-21-20-25-18-17-24-10-7-15-33-35(24)36(25)38(32)39-33/h1-22H. The fraction of sp³-hybridized carbons (Fsp3) is 0. The van der Waals surface area contributed by atoms with Crippen LogP contribution >= 0.6 is 0 Å². The van der Waals surface area contributed by atoms with Gasteiger partial charge in [-0.2, -0.15) is 0 Å². The number of benzene rings is 8. The minimum absolute atomic E-state index is 0.946. The van der Waals surface area contributed by atoms with Crippen molar-refractivity contribution in [2.24, 2.45) is 0 Å². The highest BCUT2D eigenvalue weighted by Gasteiger charge is 2.21. The maximum atomic E-state index is 6.66. The molecule has 39 heavy (non-hydrogen) atoms. The highest BCUT2D eigenvalue weighted by atomic mass is 16.3. The topological polar surface area (TPSA) is 13.1 Å². The van der Waals surface area contributed by atoms with Crippen LogP contribution in [0.2, 0.25) is 0 Å². The predicted molar refractivity (Wildman–Crippen MR) is 166 cm³/mol. The maximum absolute atomic E-state index is 6.66. The van der Waals surface area contributed by atoms with Gasteiger partial charge in [-0.05, 0) is 72.4 Å². The van der Waals surface area contributed by atoms with Gasteiger partial charge in [0.25, 0.3) is 0 Å². The first-order valence-electron chi connectivity index (χ1n) is 13.4. The monoisotopic (exact) mass is 494 g/mol. The number of fused-ring (bicyclic) bond motifs is 3. The third kappa shape index (κ3) is 2.85. The summed E-state index contributed by atoms with van der Waals surface area (Å²) in [5.41, 5.74) is 6.80. The Kier molecular flexibility index (Phi) is 4.11. The van der Waals surface area contributed by atoms with Crippen molar-refractivity contribution < 1.29 is 4.42 Å². The normalized spacial score (nSPS) is 12.1. The Bertz CT molecular complexity index is 2330. The summed E-state index contributed by atoms with van der Waals surface area (Å²) in [6.07, 6.45) is 0. The first kappa shape index (κ1) is 20.9. The molecule has 8 aromatic carbocycles. The number of hydrogen-bond donors (Lipinski definition) is 0. The highest BCUT2D eigenvalue weighted by Crippen LogP contribution is 2.48. The number of furan rings is 1. The quantitative estimate of drug-likeness (QED) is 0.172. The Labute approximate surface area is 224 Å². The van der Waals surface area contributed by atoms with Gasteiger partial charge in [0.1, 0.15) is 11.2 Å². The highest BCUT2D eigenvalue weighted by molar-refractivity contribution is 6.28. The molecule has 0 spiro atoms. The minimum Gasteiger partial charge on any atom is -0.455 e. The summed E-state index contributed by atoms with van der Waals surface area (Å²) in [7, 11) is 0. The second kappa shape index (κ2) is 7.69. The minimum atomic E-state index is 0.946. The van der Waals surface area contributed by atoms with Crippen LogP contribution in [-0.2, 0) is 0 Å². The second-order valence-electron chi connectivity index (χ2n) is 10.5. The Balaban J connectivity index is 1.45. The first-order chi connectivity index (χ1) is 19.3. The summed E-state index contributed by atoms with van der Waals surface area (Å²) in [4.78, 5) is 0. The van der Waals surface area contributed by atoms with Gasteiger partial charge in [0.2, 0.25) is 0 Å². The smallest absolute Gasteiger partial charge is 0.143 e. The van der Waals surface area contributed by atoms with Crippen LogP contribution in [0.4, 0.5) is 0 Å². The molecule has 0 atom stereocenters. The van der Waals surface area contributed by atoms with Crippen molar-refractivity contribution in [3.8, 4) is 22.3 Å². The molecular formula is C38H22O. The third-order valence-corrected chi connectivity index (χ3v) is 8.39. The molecule has 9 aromatic rings. The Morgan fingerprint density at radius 2 is 0.949 bits per heavy atom. The fourth-order valence-corrected chi connectivity index (χ4v) is 6.70. The molecule has 1 heterocycles. The largest absolute Gasteiger partial charge is 0.455 e. The van der Waals surface area contributed by atoms with Crippen LogP contribution in [0, 0.1) is 0 Å².